The number of nitrogens with one attached hydrogen (secondary N) is 2. The Morgan fingerprint density at radius 2 is 2.04 bits per heavy atom. The van der Waals surface area contributed by atoms with Crippen molar-refractivity contribution in [2.75, 3.05) is 13.1 Å². The summed E-state index contributed by atoms with van der Waals surface area (Å²) in [5.74, 6) is 0.0737. The number of hydrogen-bond donors (Lipinski definition) is 2. The van der Waals surface area contributed by atoms with E-state index in [2.05, 4.69) is 15.7 Å². The minimum Gasteiger partial charge on any atom is -0.341 e. The van der Waals surface area contributed by atoms with Gasteiger partial charge in [-0.15, -0.1) is 0 Å². The molecule has 24 heavy (non-hydrogen) atoms. The first kappa shape index (κ1) is 16.5. The van der Waals surface area contributed by atoms with Gasteiger partial charge in [-0.05, 0) is 37.7 Å². The summed E-state index contributed by atoms with van der Waals surface area (Å²) >= 11 is 0. The number of likely N-dealkylation sites (tertiary alicyclic amines) is 1. The van der Waals surface area contributed by atoms with Crippen LogP contribution in [0, 0.1) is 12.8 Å². The normalized spacial score (nSPS) is 22.7. The number of carbonyl (C=O) groups excluding carboxylic acids is 3. The number of aromatic nitrogens is 2. The van der Waals surface area contributed by atoms with Crippen LogP contribution in [0.5, 0.6) is 0 Å². The molecule has 0 radical (unpaired) electrons. The summed E-state index contributed by atoms with van der Waals surface area (Å²) in [6.07, 6.45) is 6.25. The van der Waals surface area contributed by atoms with Crippen molar-refractivity contribution in [3.8, 4) is 0 Å². The quantitative estimate of drug-likeness (QED) is 0.838. The standard InChI is InChI=1S/C16H23N5O3/c1-11-8-17-21(9-11)10-12-4-6-20(7-5-12)15(23)13-2-3-14(22)19-16(24)18-13/h8-9,12-13H,2-7,10H2,1H3,(H2,18,19,22,24). The summed E-state index contributed by atoms with van der Waals surface area (Å²) in [6.45, 7) is 4.24. The molecule has 130 valence electrons. The third kappa shape index (κ3) is 3.93. The lowest BCUT2D eigenvalue weighted by Crippen LogP contribution is -2.51. The van der Waals surface area contributed by atoms with Gasteiger partial charge in [-0.3, -0.25) is 19.6 Å². The molecule has 2 aliphatic rings. The molecule has 2 fully saturated rings. The van der Waals surface area contributed by atoms with E-state index in [0.29, 0.717) is 25.4 Å². The van der Waals surface area contributed by atoms with Crippen LogP contribution >= 0.6 is 0 Å². The minimum atomic E-state index is -0.609. The highest BCUT2D eigenvalue weighted by Crippen LogP contribution is 2.20. The second kappa shape index (κ2) is 7.02. The number of rotatable bonds is 3. The van der Waals surface area contributed by atoms with Crippen molar-refractivity contribution >= 4 is 17.8 Å². The first-order valence-electron chi connectivity index (χ1n) is 8.39. The van der Waals surface area contributed by atoms with Crippen LogP contribution in [0.3, 0.4) is 0 Å². The van der Waals surface area contributed by atoms with Gasteiger partial charge >= 0.3 is 6.03 Å². The predicted octanol–water partition coefficient (Wildman–Crippen LogP) is 0.418. The van der Waals surface area contributed by atoms with E-state index in [0.717, 1.165) is 24.9 Å². The third-order valence-electron chi connectivity index (χ3n) is 4.65. The first-order chi connectivity index (χ1) is 11.5. The molecule has 1 atom stereocenters. The molecule has 0 saturated carbocycles. The summed E-state index contributed by atoms with van der Waals surface area (Å²) < 4.78 is 1.96. The number of hydrogen-bond acceptors (Lipinski definition) is 4. The maximum absolute atomic E-state index is 12.6. The molecule has 3 heterocycles. The Morgan fingerprint density at radius 3 is 2.71 bits per heavy atom. The summed E-state index contributed by atoms with van der Waals surface area (Å²) in [5.41, 5.74) is 1.15. The molecule has 3 rings (SSSR count). The largest absolute Gasteiger partial charge is 0.341 e. The molecular formula is C16H23N5O3. The smallest absolute Gasteiger partial charge is 0.322 e. The molecule has 4 amide bonds. The Hall–Kier alpha value is -2.38. The monoisotopic (exact) mass is 333 g/mol. The van der Waals surface area contributed by atoms with E-state index < -0.39 is 12.1 Å². The Bertz CT molecular complexity index is 633. The van der Waals surface area contributed by atoms with Crippen LogP contribution in [0.2, 0.25) is 0 Å². The van der Waals surface area contributed by atoms with Gasteiger partial charge in [0.15, 0.2) is 0 Å². The summed E-state index contributed by atoms with van der Waals surface area (Å²) in [5, 5.41) is 9.09. The van der Waals surface area contributed by atoms with Crippen LogP contribution in [0.1, 0.15) is 31.2 Å². The number of urea groups is 1. The molecule has 2 N–H and O–H groups in total. The predicted molar refractivity (Wildman–Crippen MR) is 86.0 cm³/mol. The van der Waals surface area contributed by atoms with E-state index in [4.69, 9.17) is 0 Å². The molecule has 0 aromatic carbocycles. The Kier molecular flexibility index (Phi) is 4.82. The molecule has 1 aromatic heterocycles. The summed E-state index contributed by atoms with van der Waals surface area (Å²) in [7, 11) is 0. The lowest BCUT2D eigenvalue weighted by atomic mass is 9.96. The van der Waals surface area contributed by atoms with E-state index in [1.165, 1.54) is 0 Å². The fourth-order valence-corrected chi connectivity index (χ4v) is 3.30. The average Bonchev–Trinajstić information content (AvgIpc) is 2.87. The highest BCUT2D eigenvalue weighted by atomic mass is 16.2. The van der Waals surface area contributed by atoms with Crippen molar-refractivity contribution in [1.82, 2.24) is 25.3 Å². The van der Waals surface area contributed by atoms with Crippen LogP contribution in [-0.2, 0) is 16.1 Å². The van der Waals surface area contributed by atoms with E-state index >= 15 is 0 Å². The van der Waals surface area contributed by atoms with Crippen molar-refractivity contribution < 1.29 is 14.4 Å². The van der Waals surface area contributed by atoms with E-state index in [1.54, 1.807) is 4.90 Å². The first-order valence-corrected chi connectivity index (χ1v) is 8.39. The number of nitrogens with zero attached hydrogens (tertiary/aromatic N) is 3. The number of carbonyl (C=O) groups is 3. The maximum atomic E-state index is 12.6. The zero-order valence-corrected chi connectivity index (χ0v) is 13.8. The number of imide groups is 1. The SMILES string of the molecule is Cc1cnn(CC2CCN(C(=O)C3CCC(=O)NC(=O)N3)CC2)c1. The van der Waals surface area contributed by atoms with Crippen LogP contribution in [-0.4, -0.2) is 51.7 Å². The lowest BCUT2D eigenvalue weighted by molar-refractivity contribution is -0.134. The molecule has 8 heteroatoms. The minimum absolute atomic E-state index is 0.0896. The number of aryl methyl sites for hydroxylation is 1. The second-order valence-electron chi connectivity index (χ2n) is 6.62. The van der Waals surface area contributed by atoms with Gasteiger partial charge in [0.2, 0.25) is 11.8 Å². The summed E-state index contributed by atoms with van der Waals surface area (Å²) in [6, 6.07) is -1.19. The molecule has 0 spiro atoms. The van der Waals surface area contributed by atoms with Gasteiger partial charge in [0.1, 0.15) is 6.04 Å². The zero-order valence-electron chi connectivity index (χ0n) is 13.8. The van der Waals surface area contributed by atoms with Gasteiger partial charge in [0.05, 0.1) is 6.20 Å². The Balaban J connectivity index is 1.51. The molecule has 0 aliphatic carbocycles. The molecule has 1 aromatic rings. The second-order valence-corrected chi connectivity index (χ2v) is 6.62. The van der Waals surface area contributed by atoms with Crippen LogP contribution in [0.25, 0.3) is 0 Å². The highest BCUT2D eigenvalue weighted by molar-refractivity contribution is 5.98. The van der Waals surface area contributed by atoms with Crippen molar-refractivity contribution in [3.05, 3.63) is 18.0 Å². The van der Waals surface area contributed by atoms with Crippen LogP contribution in [0.15, 0.2) is 12.4 Å². The molecule has 2 saturated heterocycles. The van der Waals surface area contributed by atoms with Gasteiger partial charge in [-0.2, -0.15) is 5.10 Å². The molecule has 1 unspecified atom stereocenters. The highest BCUT2D eigenvalue weighted by Gasteiger charge is 2.31. The lowest BCUT2D eigenvalue weighted by Gasteiger charge is -2.34. The average molecular weight is 333 g/mol. The third-order valence-corrected chi connectivity index (χ3v) is 4.65. The Morgan fingerprint density at radius 1 is 1.29 bits per heavy atom. The van der Waals surface area contributed by atoms with Crippen molar-refractivity contribution in [2.24, 2.45) is 5.92 Å². The maximum Gasteiger partial charge on any atom is 0.322 e. The molecule has 2 aliphatic heterocycles. The van der Waals surface area contributed by atoms with E-state index in [9.17, 15) is 14.4 Å². The van der Waals surface area contributed by atoms with E-state index in [1.807, 2.05) is 24.0 Å². The van der Waals surface area contributed by atoms with Gasteiger partial charge in [0.25, 0.3) is 0 Å². The molecule has 8 nitrogen and oxygen atoms in total. The van der Waals surface area contributed by atoms with Crippen LogP contribution in [0.4, 0.5) is 4.79 Å². The Labute approximate surface area is 140 Å². The topological polar surface area (TPSA) is 96.3 Å². The van der Waals surface area contributed by atoms with Gasteiger partial charge < -0.3 is 10.2 Å². The zero-order chi connectivity index (χ0) is 17.1. The van der Waals surface area contributed by atoms with Crippen molar-refractivity contribution in [3.63, 3.8) is 0 Å². The molecule has 0 bridgehead atoms. The van der Waals surface area contributed by atoms with Gasteiger partial charge in [-0.1, -0.05) is 0 Å². The molecular weight excluding hydrogens is 310 g/mol. The van der Waals surface area contributed by atoms with Crippen molar-refractivity contribution in [1.29, 1.82) is 0 Å². The van der Waals surface area contributed by atoms with Gasteiger partial charge in [0, 0.05) is 32.3 Å². The summed E-state index contributed by atoms with van der Waals surface area (Å²) in [4.78, 5) is 37.3. The fourth-order valence-electron chi connectivity index (χ4n) is 3.30. The van der Waals surface area contributed by atoms with Gasteiger partial charge in [-0.25, -0.2) is 4.79 Å². The van der Waals surface area contributed by atoms with E-state index in [-0.39, 0.29) is 18.2 Å². The van der Waals surface area contributed by atoms with Crippen molar-refractivity contribution in [2.45, 2.75) is 45.2 Å². The number of piperidine rings is 1. The number of amides is 4. The fraction of sp³-hybridized carbons (Fsp3) is 0.625. The van der Waals surface area contributed by atoms with Crippen LogP contribution < -0.4 is 10.6 Å².